The SMILES string of the molecule is Cc1cc(F)ccc1S(=O)(=O)N1CCCC1CC(=O)O. The Balaban J connectivity index is 2.36. The molecule has 5 nitrogen and oxygen atoms in total. The van der Waals surface area contributed by atoms with Gasteiger partial charge < -0.3 is 5.11 Å². The monoisotopic (exact) mass is 301 g/mol. The molecule has 1 aliphatic heterocycles. The third kappa shape index (κ3) is 2.83. The van der Waals surface area contributed by atoms with Crippen LogP contribution in [0.3, 0.4) is 0 Å². The number of aryl methyl sites for hydroxylation is 1. The molecular formula is C13H16FNO4S. The van der Waals surface area contributed by atoms with Crippen LogP contribution in [0.5, 0.6) is 0 Å². The van der Waals surface area contributed by atoms with E-state index in [2.05, 4.69) is 0 Å². The highest BCUT2D eigenvalue weighted by atomic mass is 32.2. The zero-order valence-corrected chi connectivity index (χ0v) is 11.9. The first-order valence-corrected chi connectivity index (χ1v) is 7.76. The molecule has 0 radical (unpaired) electrons. The van der Waals surface area contributed by atoms with Crippen LogP contribution in [0.25, 0.3) is 0 Å². The van der Waals surface area contributed by atoms with Gasteiger partial charge in [-0.15, -0.1) is 0 Å². The van der Waals surface area contributed by atoms with Crippen molar-refractivity contribution in [2.45, 2.75) is 37.1 Å². The van der Waals surface area contributed by atoms with E-state index >= 15 is 0 Å². The third-order valence-corrected chi connectivity index (χ3v) is 5.57. The van der Waals surface area contributed by atoms with E-state index in [1.54, 1.807) is 0 Å². The molecule has 1 unspecified atom stereocenters. The summed E-state index contributed by atoms with van der Waals surface area (Å²) in [7, 11) is -3.78. The van der Waals surface area contributed by atoms with Crippen LogP contribution in [-0.2, 0) is 14.8 Å². The topological polar surface area (TPSA) is 74.7 Å². The van der Waals surface area contributed by atoms with Gasteiger partial charge in [0.05, 0.1) is 11.3 Å². The molecule has 0 amide bonds. The molecule has 0 aliphatic carbocycles. The summed E-state index contributed by atoms with van der Waals surface area (Å²) < 4.78 is 39.4. The minimum atomic E-state index is -3.78. The van der Waals surface area contributed by atoms with Crippen molar-refractivity contribution in [1.82, 2.24) is 4.31 Å². The number of carboxylic acids is 1. The number of halogens is 1. The lowest BCUT2D eigenvalue weighted by Gasteiger charge is -2.23. The van der Waals surface area contributed by atoms with E-state index in [4.69, 9.17) is 5.11 Å². The number of rotatable bonds is 4. The molecular weight excluding hydrogens is 285 g/mol. The van der Waals surface area contributed by atoms with E-state index in [1.165, 1.54) is 17.3 Å². The summed E-state index contributed by atoms with van der Waals surface area (Å²) in [6, 6.07) is 2.97. The highest BCUT2D eigenvalue weighted by Gasteiger charge is 2.36. The minimum absolute atomic E-state index is 0.0381. The molecule has 2 rings (SSSR count). The lowest BCUT2D eigenvalue weighted by atomic mass is 10.2. The summed E-state index contributed by atoms with van der Waals surface area (Å²) in [6.07, 6.45) is 0.961. The Morgan fingerprint density at radius 2 is 2.20 bits per heavy atom. The van der Waals surface area contributed by atoms with Crippen LogP contribution in [0.1, 0.15) is 24.8 Å². The molecule has 0 saturated carbocycles. The van der Waals surface area contributed by atoms with E-state index in [9.17, 15) is 17.6 Å². The highest BCUT2D eigenvalue weighted by Crippen LogP contribution is 2.29. The number of sulfonamides is 1. The average Bonchev–Trinajstić information content (AvgIpc) is 2.76. The van der Waals surface area contributed by atoms with Gasteiger partial charge in [0.2, 0.25) is 10.0 Å². The van der Waals surface area contributed by atoms with Gasteiger partial charge in [-0.3, -0.25) is 4.79 Å². The van der Waals surface area contributed by atoms with Crippen LogP contribution in [0, 0.1) is 12.7 Å². The first kappa shape index (κ1) is 14.9. The fourth-order valence-electron chi connectivity index (χ4n) is 2.56. The van der Waals surface area contributed by atoms with Crippen molar-refractivity contribution >= 4 is 16.0 Å². The molecule has 110 valence electrons. The molecule has 0 spiro atoms. The van der Waals surface area contributed by atoms with Gasteiger partial charge in [0.15, 0.2) is 0 Å². The van der Waals surface area contributed by atoms with Crippen molar-refractivity contribution in [2.75, 3.05) is 6.54 Å². The standard InChI is InChI=1S/C13H16FNO4S/c1-9-7-10(14)4-5-12(9)20(18,19)15-6-2-3-11(15)8-13(16)17/h4-5,7,11H,2-3,6,8H2,1H3,(H,16,17). The largest absolute Gasteiger partial charge is 0.481 e. The van der Waals surface area contributed by atoms with E-state index < -0.39 is 27.9 Å². The van der Waals surface area contributed by atoms with Gasteiger partial charge in [-0.05, 0) is 43.5 Å². The van der Waals surface area contributed by atoms with E-state index in [1.807, 2.05) is 0 Å². The molecule has 1 N–H and O–H groups in total. The summed E-state index contributed by atoms with van der Waals surface area (Å²) in [6.45, 7) is 1.83. The van der Waals surface area contributed by atoms with Crippen molar-refractivity contribution < 1.29 is 22.7 Å². The Bertz CT molecular complexity index is 629. The molecule has 1 aliphatic rings. The molecule has 20 heavy (non-hydrogen) atoms. The third-order valence-electron chi connectivity index (χ3n) is 3.46. The highest BCUT2D eigenvalue weighted by molar-refractivity contribution is 7.89. The quantitative estimate of drug-likeness (QED) is 0.919. The smallest absolute Gasteiger partial charge is 0.304 e. The molecule has 1 aromatic carbocycles. The van der Waals surface area contributed by atoms with Gasteiger partial charge >= 0.3 is 5.97 Å². The normalized spacial score (nSPS) is 20.2. The summed E-state index contributed by atoms with van der Waals surface area (Å²) >= 11 is 0. The number of nitrogens with zero attached hydrogens (tertiary/aromatic N) is 1. The zero-order chi connectivity index (χ0) is 14.9. The van der Waals surface area contributed by atoms with Crippen LogP contribution < -0.4 is 0 Å². The second-order valence-corrected chi connectivity index (χ2v) is 6.78. The first-order chi connectivity index (χ1) is 9.32. The summed E-state index contributed by atoms with van der Waals surface area (Å²) in [5, 5.41) is 8.85. The Kier molecular flexibility index (Phi) is 4.10. The lowest BCUT2D eigenvalue weighted by Crippen LogP contribution is -2.37. The van der Waals surface area contributed by atoms with E-state index in [-0.39, 0.29) is 11.3 Å². The summed E-state index contributed by atoms with van der Waals surface area (Å²) in [5.41, 5.74) is 0.325. The van der Waals surface area contributed by atoms with Gasteiger partial charge in [0.1, 0.15) is 5.82 Å². The number of hydrogen-bond acceptors (Lipinski definition) is 3. The molecule has 0 aromatic heterocycles. The molecule has 1 fully saturated rings. The van der Waals surface area contributed by atoms with Gasteiger partial charge in [0, 0.05) is 12.6 Å². The van der Waals surface area contributed by atoms with Crippen LogP contribution >= 0.6 is 0 Å². The number of carboxylic acid groups (broad SMARTS) is 1. The molecule has 1 heterocycles. The number of aliphatic carboxylic acids is 1. The molecule has 0 bridgehead atoms. The van der Waals surface area contributed by atoms with Crippen LogP contribution in [0.15, 0.2) is 23.1 Å². The van der Waals surface area contributed by atoms with Crippen LogP contribution in [-0.4, -0.2) is 36.4 Å². The van der Waals surface area contributed by atoms with E-state index in [0.717, 1.165) is 12.1 Å². The molecule has 1 saturated heterocycles. The van der Waals surface area contributed by atoms with Crippen LogP contribution in [0.4, 0.5) is 4.39 Å². The summed E-state index contributed by atoms with van der Waals surface area (Å²) in [5.74, 6) is -1.52. The average molecular weight is 301 g/mol. The Morgan fingerprint density at radius 1 is 1.50 bits per heavy atom. The van der Waals surface area contributed by atoms with Crippen molar-refractivity contribution in [3.8, 4) is 0 Å². The number of carbonyl (C=O) groups is 1. The maximum absolute atomic E-state index is 13.1. The van der Waals surface area contributed by atoms with Crippen molar-refractivity contribution in [1.29, 1.82) is 0 Å². The predicted octanol–water partition coefficient (Wildman–Crippen LogP) is 1.76. The fraction of sp³-hybridized carbons (Fsp3) is 0.462. The van der Waals surface area contributed by atoms with Gasteiger partial charge in [-0.25, -0.2) is 12.8 Å². The Labute approximate surface area is 117 Å². The van der Waals surface area contributed by atoms with Crippen molar-refractivity contribution in [3.63, 3.8) is 0 Å². The fourth-order valence-corrected chi connectivity index (χ4v) is 4.46. The van der Waals surface area contributed by atoms with Crippen molar-refractivity contribution in [3.05, 3.63) is 29.6 Å². The number of hydrogen-bond donors (Lipinski definition) is 1. The molecule has 7 heteroatoms. The maximum Gasteiger partial charge on any atom is 0.304 e. The second kappa shape index (κ2) is 5.49. The Morgan fingerprint density at radius 3 is 2.80 bits per heavy atom. The van der Waals surface area contributed by atoms with Gasteiger partial charge in [0.25, 0.3) is 0 Å². The van der Waals surface area contributed by atoms with E-state index in [0.29, 0.717) is 24.9 Å². The summed E-state index contributed by atoms with van der Waals surface area (Å²) in [4.78, 5) is 10.8. The predicted molar refractivity (Wildman–Crippen MR) is 70.3 cm³/mol. The van der Waals surface area contributed by atoms with Gasteiger partial charge in [-0.2, -0.15) is 4.31 Å². The Hall–Kier alpha value is -1.47. The first-order valence-electron chi connectivity index (χ1n) is 6.32. The van der Waals surface area contributed by atoms with Gasteiger partial charge in [-0.1, -0.05) is 0 Å². The lowest BCUT2D eigenvalue weighted by molar-refractivity contribution is -0.137. The zero-order valence-electron chi connectivity index (χ0n) is 11.0. The second-order valence-electron chi connectivity index (χ2n) is 4.92. The molecule has 1 aromatic rings. The van der Waals surface area contributed by atoms with Crippen LogP contribution in [0.2, 0.25) is 0 Å². The van der Waals surface area contributed by atoms with Crippen molar-refractivity contribution in [2.24, 2.45) is 0 Å². The molecule has 1 atom stereocenters. The maximum atomic E-state index is 13.1. The minimum Gasteiger partial charge on any atom is -0.481 e. The number of benzene rings is 1.